The Hall–Kier alpha value is -0.870. The normalized spacial score (nSPS) is 13.5. The first-order chi connectivity index (χ1) is 15.7. The summed E-state index contributed by atoms with van der Waals surface area (Å²) in [7, 11) is 0. The molecule has 0 aromatic carbocycles. The lowest BCUT2D eigenvalue weighted by molar-refractivity contribution is -0.123. The number of amides is 1. The third-order valence-corrected chi connectivity index (χ3v) is 6.29. The van der Waals surface area contributed by atoms with Crippen LogP contribution in [0.4, 0.5) is 0 Å². The third kappa shape index (κ3) is 21.0. The predicted octanol–water partition coefficient (Wildman–Crippen LogP) is 7.22. The van der Waals surface area contributed by atoms with E-state index >= 15 is 0 Å². The zero-order valence-corrected chi connectivity index (χ0v) is 21.5. The van der Waals surface area contributed by atoms with Crippen molar-refractivity contribution in [1.29, 1.82) is 0 Å². The van der Waals surface area contributed by atoms with Gasteiger partial charge in [-0.3, -0.25) is 4.79 Å². The molecule has 0 spiro atoms. The summed E-state index contributed by atoms with van der Waals surface area (Å²) in [4.78, 5) is 12.1. The SMILES string of the molecule is CCCCCCCCCCC/C=C/CC[C@@H](O)[C@H](CO)NC(=O)CCCCCCCCC. The minimum absolute atomic E-state index is 0.0578. The van der Waals surface area contributed by atoms with Crippen LogP contribution in [0.15, 0.2) is 12.2 Å². The number of aliphatic hydroxyl groups is 2. The van der Waals surface area contributed by atoms with Crippen molar-refractivity contribution < 1.29 is 15.0 Å². The average molecular weight is 454 g/mol. The second-order valence-electron chi connectivity index (χ2n) is 9.46. The van der Waals surface area contributed by atoms with Crippen LogP contribution in [0.1, 0.15) is 142 Å². The van der Waals surface area contributed by atoms with Crippen LogP contribution in [-0.4, -0.2) is 34.9 Å². The number of allylic oxidation sites excluding steroid dienone is 2. The minimum atomic E-state index is -0.699. The van der Waals surface area contributed by atoms with Crippen molar-refractivity contribution in [2.24, 2.45) is 0 Å². The summed E-state index contributed by atoms with van der Waals surface area (Å²) in [6, 6.07) is -0.558. The van der Waals surface area contributed by atoms with Crippen molar-refractivity contribution in [3.8, 4) is 0 Å². The van der Waals surface area contributed by atoms with Crippen molar-refractivity contribution in [3.63, 3.8) is 0 Å². The van der Waals surface area contributed by atoms with Gasteiger partial charge in [0.15, 0.2) is 0 Å². The molecule has 0 aliphatic rings. The second-order valence-corrected chi connectivity index (χ2v) is 9.46. The highest BCUT2D eigenvalue weighted by Crippen LogP contribution is 2.12. The Morgan fingerprint density at radius 3 is 1.72 bits per heavy atom. The van der Waals surface area contributed by atoms with E-state index in [2.05, 4.69) is 31.3 Å². The van der Waals surface area contributed by atoms with Crippen molar-refractivity contribution >= 4 is 5.91 Å². The molecule has 0 saturated heterocycles. The molecule has 0 aromatic heterocycles. The molecule has 0 bridgehead atoms. The van der Waals surface area contributed by atoms with E-state index in [1.807, 2.05) is 0 Å². The largest absolute Gasteiger partial charge is 0.394 e. The number of carbonyl (C=O) groups is 1. The summed E-state index contributed by atoms with van der Waals surface area (Å²) in [5, 5.41) is 22.7. The molecule has 2 atom stereocenters. The molecule has 4 nitrogen and oxygen atoms in total. The molecule has 0 unspecified atom stereocenters. The van der Waals surface area contributed by atoms with Gasteiger partial charge < -0.3 is 15.5 Å². The molecule has 0 saturated carbocycles. The van der Waals surface area contributed by atoms with Crippen molar-refractivity contribution in [2.45, 2.75) is 154 Å². The number of aliphatic hydroxyl groups excluding tert-OH is 2. The number of carbonyl (C=O) groups excluding carboxylic acids is 1. The lowest BCUT2D eigenvalue weighted by Gasteiger charge is -2.22. The molecule has 0 rings (SSSR count). The summed E-state index contributed by atoms with van der Waals surface area (Å²) < 4.78 is 0. The minimum Gasteiger partial charge on any atom is -0.394 e. The smallest absolute Gasteiger partial charge is 0.220 e. The zero-order valence-electron chi connectivity index (χ0n) is 21.5. The molecule has 3 N–H and O–H groups in total. The van der Waals surface area contributed by atoms with Crippen LogP contribution in [0.2, 0.25) is 0 Å². The quantitative estimate of drug-likeness (QED) is 0.107. The molecular formula is C28H55NO3. The Labute approximate surface area is 199 Å². The predicted molar refractivity (Wildman–Crippen MR) is 138 cm³/mol. The van der Waals surface area contributed by atoms with Gasteiger partial charge in [-0.25, -0.2) is 0 Å². The van der Waals surface area contributed by atoms with Crippen LogP contribution < -0.4 is 5.32 Å². The Kier molecular flexibility index (Phi) is 24.1. The number of hydrogen-bond acceptors (Lipinski definition) is 3. The third-order valence-electron chi connectivity index (χ3n) is 6.29. The number of hydrogen-bond donors (Lipinski definition) is 3. The fraction of sp³-hybridized carbons (Fsp3) is 0.893. The van der Waals surface area contributed by atoms with Gasteiger partial charge in [-0.05, 0) is 32.1 Å². The van der Waals surface area contributed by atoms with E-state index in [1.54, 1.807) is 0 Å². The van der Waals surface area contributed by atoms with Crippen LogP contribution >= 0.6 is 0 Å². The summed E-state index contributed by atoms with van der Waals surface area (Å²) in [5.41, 5.74) is 0. The summed E-state index contributed by atoms with van der Waals surface area (Å²) in [6.45, 7) is 4.26. The molecule has 4 heteroatoms. The number of nitrogens with one attached hydrogen (secondary N) is 1. The molecule has 190 valence electrons. The highest BCUT2D eigenvalue weighted by atomic mass is 16.3. The maximum Gasteiger partial charge on any atom is 0.220 e. The van der Waals surface area contributed by atoms with Gasteiger partial charge in [0.05, 0.1) is 18.8 Å². The van der Waals surface area contributed by atoms with Gasteiger partial charge in [0, 0.05) is 6.42 Å². The van der Waals surface area contributed by atoms with Crippen molar-refractivity contribution in [1.82, 2.24) is 5.32 Å². The van der Waals surface area contributed by atoms with Gasteiger partial charge in [-0.2, -0.15) is 0 Å². The molecule has 0 radical (unpaired) electrons. The molecule has 1 amide bonds. The monoisotopic (exact) mass is 453 g/mol. The standard InChI is InChI=1S/C28H55NO3/c1-3-5-7-9-11-12-13-14-15-16-18-19-21-23-27(31)26(25-30)29-28(32)24-22-20-17-10-8-6-4-2/h18-19,26-27,30-31H,3-17,20-25H2,1-2H3,(H,29,32)/b19-18+/t26-,27+/m0/s1. The Morgan fingerprint density at radius 2 is 1.19 bits per heavy atom. The van der Waals surface area contributed by atoms with E-state index in [9.17, 15) is 15.0 Å². The topological polar surface area (TPSA) is 69.6 Å². The molecule has 32 heavy (non-hydrogen) atoms. The van der Waals surface area contributed by atoms with E-state index in [0.29, 0.717) is 12.8 Å². The van der Waals surface area contributed by atoms with Crippen LogP contribution in [0.3, 0.4) is 0 Å². The van der Waals surface area contributed by atoms with Gasteiger partial charge in [-0.1, -0.05) is 116 Å². The lowest BCUT2D eigenvalue weighted by Crippen LogP contribution is -2.45. The van der Waals surface area contributed by atoms with Gasteiger partial charge in [-0.15, -0.1) is 0 Å². The lowest BCUT2D eigenvalue weighted by atomic mass is 10.0. The van der Waals surface area contributed by atoms with Gasteiger partial charge >= 0.3 is 0 Å². The van der Waals surface area contributed by atoms with E-state index in [1.165, 1.54) is 89.9 Å². The Morgan fingerprint density at radius 1 is 0.719 bits per heavy atom. The average Bonchev–Trinajstić information content (AvgIpc) is 2.79. The second kappa shape index (κ2) is 24.8. The van der Waals surface area contributed by atoms with Crippen LogP contribution in [0, 0.1) is 0 Å². The number of rotatable bonds is 24. The number of unbranched alkanes of at least 4 members (excludes halogenated alkanes) is 15. The van der Waals surface area contributed by atoms with Crippen molar-refractivity contribution in [3.05, 3.63) is 12.2 Å². The van der Waals surface area contributed by atoms with E-state index in [0.717, 1.165) is 25.7 Å². The summed E-state index contributed by atoms with van der Waals surface area (Å²) >= 11 is 0. The fourth-order valence-electron chi connectivity index (χ4n) is 4.06. The first-order valence-electron chi connectivity index (χ1n) is 13.9. The zero-order chi connectivity index (χ0) is 23.7. The van der Waals surface area contributed by atoms with Crippen LogP contribution in [0.5, 0.6) is 0 Å². The Balaban J connectivity index is 3.69. The first-order valence-corrected chi connectivity index (χ1v) is 13.9. The summed E-state index contributed by atoms with van der Waals surface area (Å²) in [6.07, 6.45) is 26.9. The maximum atomic E-state index is 12.1. The summed E-state index contributed by atoms with van der Waals surface area (Å²) in [5.74, 6) is -0.0578. The molecule has 0 fully saturated rings. The van der Waals surface area contributed by atoms with E-state index in [4.69, 9.17) is 0 Å². The van der Waals surface area contributed by atoms with E-state index < -0.39 is 12.1 Å². The highest BCUT2D eigenvalue weighted by molar-refractivity contribution is 5.76. The maximum absolute atomic E-state index is 12.1. The molecule has 0 aliphatic heterocycles. The van der Waals surface area contributed by atoms with Crippen LogP contribution in [-0.2, 0) is 4.79 Å². The molecule has 0 aliphatic carbocycles. The van der Waals surface area contributed by atoms with E-state index in [-0.39, 0.29) is 12.5 Å². The van der Waals surface area contributed by atoms with Crippen molar-refractivity contribution in [2.75, 3.05) is 6.61 Å². The Bertz CT molecular complexity index is 425. The first kappa shape index (κ1) is 31.1. The molecular weight excluding hydrogens is 398 g/mol. The van der Waals surface area contributed by atoms with Gasteiger partial charge in [0.1, 0.15) is 0 Å². The molecule has 0 aromatic rings. The molecule has 0 heterocycles. The highest BCUT2D eigenvalue weighted by Gasteiger charge is 2.19. The van der Waals surface area contributed by atoms with Gasteiger partial charge in [0.2, 0.25) is 5.91 Å². The fourth-order valence-corrected chi connectivity index (χ4v) is 4.06. The van der Waals surface area contributed by atoms with Crippen LogP contribution in [0.25, 0.3) is 0 Å². The van der Waals surface area contributed by atoms with Gasteiger partial charge in [0.25, 0.3) is 0 Å².